The van der Waals surface area contributed by atoms with Crippen molar-refractivity contribution in [3.63, 3.8) is 0 Å². The van der Waals surface area contributed by atoms with E-state index in [9.17, 15) is 0 Å². The minimum absolute atomic E-state index is 0.696. The van der Waals surface area contributed by atoms with Gasteiger partial charge in [0.25, 0.3) is 0 Å². The van der Waals surface area contributed by atoms with Gasteiger partial charge in [-0.1, -0.05) is 18.7 Å². The van der Waals surface area contributed by atoms with E-state index in [0.717, 1.165) is 29.0 Å². The first kappa shape index (κ1) is 13.6. The molecule has 2 heterocycles. The Morgan fingerprint density at radius 2 is 2.25 bits per heavy atom. The van der Waals surface area contributed by atoms with Crippen LogP contribution in [0.5, 0.6) is 0 Å². The molecule has 0 N–H and O–H groups in total. The van der Waals surface area contributed by atoms with Crippen LogP contribution in [0.4, 0.5) is 0 Å². The number of thioether (sulfide) groups is 1. The molecule has 1 fully saturated rings. The predicted octanol–water partition coefficient (Wildman–Crippen LogP) is 3.64. The van der Waals surface area contributed by atoms with Crippen LogP contribution in [0.1, 0.15) is 33.1 Å². The molecule has 1 aliphatic rings. The summed E-state index contributed by atoms with van der Waals surface area (Å²) >= 11 is 1.89. The smallest absolute Gasteiger partial charge is 0.191 e. The molecule has 0 amide bonds. The Balaban J connectivity index is 1.84. The standard InChI is InChI=1S/C15H20N4S/c1-3-19-14(12-5-4-8-16-10-12)17-18-15(19)20-13-7-6-11(2)9-13/h4-5,8,10-11,13H,3,6-7,9H2,1-2H3. The quantitative estimate of drug-likeness (QED) is 0.861. The van der Waals surface area contributed by atoms with Gasteiger partial charge in [-0.3, -0.25) is 4.98 Å². The summed E-state index contributed by atoms with van der Waals surface area (Å²) in [7, 11) is 0. The third-order valence-electron chi connectivity index (χ3n) is 3.87. The van der Waals surface area contributed by atoms with Crippen molar-refractivity contribution in [2.75, 3.05) is 0 Å². The predicted molar refractivity (Wildman–Crippen MR) is 81.6 cm³/mol. The number of nitrogens with zero attached hydrogens (tertiary/aromatic N) is 4. The van der Waals surface area contributed by atoms with Crippen molar-refractivity contribution in [1.29, 1.82) is 0 Å². The Labute approximate surface area is 124 Å². The summed E-state index contributed by atoms with van der Waals surface area (Å²) in [6, 6.07) is 3.98. The molecule has 0 saturated heterocycles. The van der Waals surface area contributed by atoms with Gasteiger partial charge < -0.3 is 4.57 Å². The maximum absolute atomic E-state index is 4.40. The van der Waals surface area contributed by atoms with Gasteiger partial charge in [0.1, 0.15) is 0 Å². The lowest BCUT2D eigenvalue weighted by atomic mass is 10.1. The van der Waals surface area contributed by atoms with Crippen LogP contribution in [0.25, 0.3) is 11.4 Å². The van der Waals surface area contributed by atoms with Crippen LogP contribution in [0.2, 0.25) is 0 Å². The van der Waals surface area contributed by atoms with Crippen molar-refractivity contribution >= 4 is 11.8 Å². The number of rotatable bonds is 4. The molecule has 106 valence electrons. The van der Waals surface area contributed by atoms with E-state index in [1.165, 1.54) is 19.3 Å². The first-order valence-electron chi connectivity index (χ1n) is 7.28. The lowest BCUT2D eigenvalue weighted by Crippen LogP contribution is -2.03. The molecule has 0 bridgehead atoms. The molecule has 2 aromatic rings. The Bertz CT molecular complexity index is 567. The fraction of sp³-hybridized carbons (Fsp3) is 0.533. The molecule has 20 heavy (non-hydrogen) atoms. The van der Waals surface area contributed by atoms with Crippen LogP contribution >= 0.6 is 11.8 Å². The summed E-state index contributed by atoms with van der Waals surface area (Å²) in [5.41, 5.74) is 1.04. The topological polar surface area (TPSA) is 43.6 Å². The van der Waals surface area contributed by atoms with E-state index in [2.05, 4.69) is 33.6 Å². The highest BCUT2D eigenvalue weighted by Crippen LogP contribution is 2.37. The average Bonchev–Trinajstić information content (AvgIpc) is 3.06. The highest BCUT2D eigenvalue weighted by molar-refractivity contribution is 7.99. The average molecular weight is 288 g/mol. The van der Waals surface area contributed by atoms with E-state index in [-0.39, 0.29) is 0 Å². The van der Waals surface area contributed by atoms with Gasteiger partial charge in [-0.25, -0.2) is 0 Å². The maximum atomic E-state index is 4.40. The second kappa shape index (κ2) is 5.95. The molecule has 1 saturated carbocycles. The zero-order valence-corrected chi connectivity index (χ0v) is 12.8. The normalized spacial score (nSPS) is 22.3. The second-order valence-corrected chi connectivity index (χ2v) is 6.72. The van der Waals surface area contributed by atoms with Crippen molar-refractivity contribution in [3.8, 4) is 11.4 Å². The van der Waals surface area contributed by atoms with Gasteiger partial charge in [0.15, 0.2) is 11.0 Å². The summed E-state index contributed by atoms with van der Waals surface area (Å²) in [4.78, 5) is 4.17. The van der Waals surface area contributed by atoms with Gasteiger partial charge in [-0.2, -0.15) is 0 Å². The van der Waals surface area contributed by atoms with Crippen molar-refractivity contribution < 1.29 is 0 Å². The third-order valence-corrected chi connectivity index (χ3v) is 5.15. The van der Waals surface area contributed by atoms with Crippen LogP contribution in [0.3, 0.4) is 0 Å². The van der Waals surface area contributed by atoms with E-state index >= 15 is 0 Å². The van der Waals surface area contributed by atoms with Gasteiger partial charge in [-0.15, -0.1) is 10.2 Å². The van der Waals surface area contributed by atoms with Crippen LogP contribution in [-0.4, -0.2) is 25.0 Å². The van der Waals surface area contributed by atoms with E-state index in [1.807, 2.05) is 30.1 Å². The van der Waals surface area contributed by atoms with Crippen molar-refractivity contribution in [2.45, 2.75) is 50.1 Å². The van der Waals surface area contributed by atoms with E-state index in [0.29, 0.717) is 5.25 Å². The number of aromatic nitrogens is 4. The molecule has 0 spiro atoms. The zero-order chi connectivity index (χ0) is 13.9. The van der Waals surface area contributed by atoms with Gasteiger partial charge in [0.2, 0.25) is 0 Å². The fourth-order valence-electron chi connectivity index (χ4n) is 2.78. The Hall–Kier alpha value is -1.36. The summed E-state index contributed by atoms with van der Waals surface area (Å²) in [6.07, 6.45) is 7.56. The van der Waals surface area contributed by atoms with Crippen LogP contribution < -0.4 is 0 Å². The summed E-state index contributed by atoms with van der Waals surface area (Å²) < 4.78 is 2.20. The van der Waals surface area contributed by atoms with Gasteiger partial charge in [-0.05, 0) is 44.2 Å². The minimum Gasteiger partial charge on any atom is -0.302 e. The Morgan fingerprint density at radius 1 is 1.35 bits per heavy atom. The van der Waals surface area contributed by atoms with E-state index in [4.69, 9.17) is 0 Å². The largest absolute Gasteiger partial charge is 0.302 e. The van der Waals surface area contributed by atoms with Crippen LogP contribution in [-0.2, 0) is 6.54 Å². The van der Waals surface area contributed by atoms with E-state index in [1.54, 1.807) is 6.20 Å². The monoisotopic (exact) mass is 288 g/mol. The summed E-state index contributed by atoms with van der Waals surface area (Å²) in [6.45, 7) is 5.37. The zero-order valence-electron chi connectivity index (χ0n) is 12.0. The highest BCUT2D eigenvalue weighted by atomic mass is 32.2. The second-order valence-electron chi connectivity index (χ2n) is 5.45. The molecular formula is C15H20N4S. The number of pyridine rings is 1. The van der Waals surface area contributed by atoms with Crippen LogP contribution in [0, 0.1) is 5.92 Å². The highest BCUT2D eigenvalue weighted by Gasteiger charge is 2.25. The van der Waals surface area contributed by atoms with Crippen molar-refractivity contribution in [2.24, 2.45) is 5.92 Å². The molecule has 2 atom stereocenters. The Morgan fingerprint density at radius 3 is 2.90 bits per heavy atom. The molecule has 4 nitrogen and oxygen atoms in total. The van der Waals surface area contributed by atoms with Crippen molar-refractivity contribution in [3.05, 3.63) is 24.5 Å². The lowest BCUT2D eigenvalue weighted by molar-refractivity contribution is 0.613. The first-order valence-corrected chi connectivity index (χ1v) is 8.16. The molecule has 0 aliphatic heterocycles. The molecule has 1 aliphatic carbocycles. The molecule has 2 unspecified atom stereocenters. The molecule has 0 radical (unpaired) electrons. The molecule has 2 aromatic heterocycles. The number of hydrogen-bond donors (Lipinski definition) is 0. The number of hydrogen-bond acceptors (Lipinski definition) is 4. The van der Waals surface area contributed by atoms with Crippen LogP contribution in [0.15, 0.2) is 29.7 Å². The lowest BCUT2D eigenvalue weighted by Gasteiger charge is -2.10. The van der Waals surface area contributed by atoms with Gasteiger partial charge in [0.05, 0.1) is 0 Å². The van der Waals surface area contributed by atoms with Crippen molar-refractivity contribution in [1.82, 2.24) is 19.7 Å². The summed E-state index contributed by atoms with van der Waals surface area (Å²) in [5, 5.41) is 10.5. The molecule has 0 aromatic carbocycles. The molecular weight excluding hydrogens is 268 g/mol. The summed E-state index contributed by atoms with van der Waals surface area (Å²) in [5.74, 6) is 1.78. The van der Waals surface area contributed by atoms with Gasteiger partial charge in [0, 0.05) is 29.8 Å². The first-order chi connectivity index (χ1) is 9.78. The molecule has 5 heteroatoms. The Kier molecular flexibility index (Phi) is 4.05. The fourth-order valence-corrected chi connectivity index (χ4v) is 4.19. The SMILES string of the molecule is CCn1c(SC2CCC(C)C2)nnc1-c1cccnc1. The maximum Gasteiger partial charge on any atom is 0.191 e. The minimum atomic E-state index is 0.696. The molecule has 3 rings (SSSR count). The van der Waals surface area contributed by atoms with Gasteiger partial charge >= 0.3 is 0 Å². The third kappa shape index (κ3) is 2.73. The van der Waals surface area contributed by atoms with E-state index < -0.39 is 0 Å².